The molecule has 0 aromatic rings. The van der Waals surface area contributed by atoms with Gasteiger partial charge < -0.3 is 9.84 Å². The minimum atomic E-state index is -0.383. The molecule has 2 aliphatic rings. The second-order valence-corrected chi connectivity index (χ2v) is 15.8. The quantitative estimate of drug-likeness (QED) is 0.128. The Bertz CT molecular complexity index is 1670. The highest BCUT2D eigenvalue weighted by Gasteiger charge is 2.50. The van der Waals surface area contributed by atoms with Crippen LogP contribution in [0.1, 0.15) is 109 Å². The van der Waals surface area contributed by atoms with Crippen LogP contribution in [0, 0.1) is 5.41 Å². The molecule has 2 heteroatoms. The van der Waals surface area contributed by atoms with E-state index < -0.39 is 0 Å². The Morgan fingerprint density at radius 2 is 1.04 bits per heavy atom. The lowest BCUT2D eigenvalue weighted by Gasteiger charge is -2.44. The molecule has 0 radical (unpaired) electrons. The van der Waals surface area contributed by atoms with Gasteiger partial charge in [-0.1, -0.05) is 174 Å². The Morgan fingerprint density at radius 1 is 0.615 bits per heavy atom. The summed E-state index contributed by atoms with van der Waals surface area (Å²) in [4.78, 5) is 0. The van der Waals surface area contributed by atoms with Crippen molar-refractivity contribution in [2.45, 2.75) is 127 Å². The topological polar surface area (TPSA) is 29.5 Å². The zero-order valence-electron chi connectivity index (χ0n) is 34.5. The third-order valence-electron chi connectivity index (χ3n) is 9.36. The number of aliphatic hydroxyl groups is 1. The number of fused-ring (bicyclic) bond motifs is 1. The molecule has 1 aliphatic heterocycles. The third kappa shape index (κ3) is 17.0. The number of allylic oxidation sites excluding steroid dienone is 27. The molecule has 1 aliphatic carbocycles. The van der Waals surface area contributed by atoms with Crippen LogP contribution in [0.5, 0.6) is 0 Å². The number of hydrogen-bond donors (Lipinski definition) is 1. The van der Waals surface area contributed by atoms with E-state index in [1.54, 1.807) is 0 Å². The molecule has 3 atom stereocenters. The lowest BCUT2D eigenvalue weighted by atomic mass is 9.65. The van der Waals surface area contributed by atoms with Crippen molar-refractivity contribution >= 4 is 0 Å². The van der Waals surface area contributed by atoms with Gasteiger partial charge in [0.1, 0.15) is 0 Å². The van der Waals surface area contributed by atoms with Crippen LogP contribution in [0.4, 0.5) is 0 Å². The maximum absolute atomic E-state index is 10.4. The molecule has 52 heavy (non-hydrogen) atoms. The summed E-state index contributed by atoms with van der Waals surface area (Å²) >= 11 is 0. The fourth-order valence-electron chi connectivity index (χ4n) is 6.48. The highest BCUT2D eigenvalue weighted by Crippen LogP contribution is 2.52. The largest absolute Gasteiger partial charge is 0.393 e. The molecule has 1 saturated carbocycles. The van der Waals surface area contributed by atoms with Gasteiger partial charge in [0.2, 0.25) is 0 Å². The second-order valence-electron chi connectivity index (χ2n) is 15.8. The lowest BCUT2D eigenvalue weighted by molar-refractivity contribution is -0.0683. The molecule has 2 rings (SSSR count). The predicted molar refractivity (Wildman–Crippen MR) is 230 cm³/mol. The SMILES string of the molecule is CC(C)=CCC\C(C)=C/C=C/C(C)=C/C=C/C(C)=C/C=C/C(C)=C\C=C\C(C)=C/C=C/C=C(C)/C=C/C=C(\C)C1C=C2C(C)(C)CC(O)CC2(C)O1. The zero-order valence-corrected chi connectivity index (χ0v) is 34.5. The van der Waals surface area contributed by atoms with Gasteiger partial charge in [0.15, 0.2) is 0 Å². The van der Waals surface area contributed by atoms with E-state index in [1.165, 1.54) is 50.2 Å². The first-order valence-electron chi connectivity index (χ1n) is 19.0. The molecule has 0 saturated heterocycles. The van der Waals surface area contributed by atoms with E-state index in [-0.39, 0.29) is 23.2 Å². The fraction of sp³-hybridized carbons (Fsp3) is 0.400. The van der Waals surface area contributed by atoms with Crippen LogP contribution < -0.4 is 0 Å². The molecule has 0 aromatic carbocycles. The van der Waals surface area contributed by atoms with Gasteiger partial charge in [-0.25, -0.2) is 0 Å². The third-order valence-corrected chi connectivity index (χ3v) is 9.36. The van der Waals surface area contributed by atoms with Crippen molar-refractivity contribution in [1.29, 1.82) is 0 Å². The summed E-state index contributed by atoms with van der Waals surface area (Å²) in [6, 6.07) is 0. The Balaban J connectivity index is 1.82. The van der Waals surface area contributed by atoms with Crippen molar-refractivity contribution in [3.8, 4) is 0 Å². The first-order valence-corrected chi connectivity index (χ1v) is 19.0. The van der Waals surface area contributed by atoms with Crippen LogP contribution in [0.25, 0.3) is 0 Å². The summed E-state index contributed by atoms with van der Waals surface area (Å²) in [6.07, 6.45) is 48.2. The van der Waals surface area contributed by atoms with Crippen molar-refractivity contribution in [2.75, 3.05) is 0 Å². The summed E-state index contributed by atoms with van der Waals surface area (Å²) in [5.41, 5.74) is 10.8. The van der Waals surface area contributed by atoms with Gasteiger partial charge in [-0.2, -0.15) is 0 Å². The smallest absolute Gasteiger partial charge is 0.0982 e. The molecule has 0 bridgehead atoms. The van der Waals surface area contributed by atoms with Crippen LogP contribution >= 0.6 is 0 Å². The number of hydrogen-bond acceptors (Lipinski definition) is 2. The van der Waals surface area contributed by atoms with E-state index in [1.807, 2.05) is 0 Å². The summed E-state index contributed by atoms with van der Waals surface area (Å²) in [5.74, 6) is 0. The lowest BCUT2D eigenvalue weighted by Crippen LogP contribution is -2.45. The highest BCUT2D eigenvalue weighted by atomic mass is 16.5. The first-order chi connectivity index (χ1) is 24.5. The average Bonchev–Trinajstić information content (AvgIpc) is 3.41. The van der Waals surface area contributed by atoms with E-state index in [9.17, 15) is 5.11 Å². The molecule has 0 spiro atoms. The Labute approximate surface area is 318 Å². The molecular weight excluding hydrogens is 633 g/mol. The van der Waals surface area contributed by atoms with Crippen molar-refractivity contribution in [2.24, 2.45) is 5.41 Å². The van der Waals surface area contributed by atoms with Crippen LogP contribution in [-0.4, -0.2) is 22.9 Å². The van der Waals surface area contributed by atoms with E-state index in [0.29, 0.717) is 6.42 Å². The Hall–Kier alpha value is -3.98. The number of ether oxygens (including phenoxy) is 1. The van der Waals surface area contributed by atoms with Crippen LogP contribution in [0.15, 0.2) is 178 Å². The van der Waals surface area contributed by atoms with Crippen molar-refractivity contribution in [3.05, 3.63) is 178 Å². The standard InChI is InChI=1S/C50H68O2/c1-38(2)21-15-24-41(5)26-17-28-43(7)30-19-32-44(8)31-18-29-42(6)27-16-25-39(3)22-13-14-23-40(4)33-20-34-45(9)47-35-48-49(10,11)36-46(51)37-50(48,12)52-47/h13-14,16-23,25-35,46-47,51H,15,24,36-37H2,1-12H3/b14-13+,25-16+,28-17+,29-18+,32-19+,33-20+,39-22-,40-23+,41-26-,42-27-,43-30+,44-31+,45-34+. The summed E-state index contributed by atoms with van der Waals surface area (Å²) in [7, 11) is 0. The first kappa shape index (κ1) is 44.2. The molecule has 1 fully saturated rings. The van der Waals surface area contributed by atoms with Gasteiger partial charge in [0.25, 0.3) is 0 Å². The van der Waals surface area contributed by atoms with Crippen molar-refractivity contribution in [1.82, 2.24) is 0 Å². The van der Waals surface area contributed by atoms with Gasteiger partial charge in [-0.3, -0.25) is 0 Å². The molecule has 0 amide bonds. The van der Waals surface area contributed by atoms with Crippen LogP contribution in [-0.2, 0) is 4.74 Å². The summed E-state index contributed by atoms with van der Waals surface area (Å²) in [5, 5.41) is 10.4. The minimum Gasteiger partial charge on any atom is -0.393 e. The van der Waals surface area contributed by atoms with E-state index in [4.69, 9.17) is 4.74 Å². The molecule has 0 aromatic heterocycles. The highest BCUT2D eigenvalue weighted by molar-refractivity contribution is 5.38. The number of aliphatic hydroxyl groups excluding tert-OH is 1. The van der Waals surface area contributed by atoms with Crippen LogP contribution in [0.2, 0.25) is 0 Å². The Morgan fingerprint density at radius 3 is 1.50 bits per heavy atom. The maximum Gasteiger partial charge on any atom is 0.0982 e. The number of rotatable bonds is 16. The van der Waals surface area contributed by atoms with Gasteiger partial charge in [-0.15, -0.1) is 0 Å². The van der Waals surface area contributed by atoms with E-state index in [2.05, 4.69) is 211 Å². The molecule has 1 N–H and O–H groups in total. The molecular formula is C50H68O2. The maximum atomic E-state index is 10.4. The van der Waals surface area contributed by atoms with Crippen LogP contribution in [0.3, 0.4) is 0 Å². The Kier molecular flexibility index (Phi) is 18.8. The van der Waals surface area contributed by atoms with Gasteiger partial charge in [-0.05, 0) is 111 Å². The van der Waals surface area contributed by atoms with Gasteiger partial charge >= 0.3 is 0 Å². The minimum absolute atomic E-state index is 0.0475. The van der Waals surface area contributed by atoms with Crippen molar-refractivity contribution < 1.29 is 9.84 Å². The molecule has 280 valence electrons. The fourth-order valence-corrected chi connectivity index (χ4v) is 6.48. The second kappa shape index (κ2) is 22.2. The average molecular weight is 701 g/mol. The van der Waals surface area contributed by atoms with Crippen molar-refractivity contribution in [3.63, 3.8) is 0 Å². The normalized spacial score (nSPS) is 24.5. The van der Waals surface area contributed by atoms with Gasteiger partial charge in [0, 0.05) is 6.42 Å². The molecule has 3 unspecified atom stereocenters. The predicted octanol–water partition coefficient (Wildman–Crippen LogP) is 14.0. The molecule has 2 nitrogen and oxygen atoms in total. The van der Waals surface area contributed by atoms with E-state index in [0.717, 1.165) is 19.3 Å². The monoisotopic (exact) mass is 701 g/mol. The summed E-state index contributed by atoms with van der Waals surface area (Å²) in [6.45, 7) is 25.7. The van der Waals surface area contributed by atoms with E-state index >= 15 is 0 Å². The zero-order chi connectivity index (χ0) is 38.7. The van der Waals surface area contributed by atoms with Gasteiger partial charge in [0.05, 0.1) is 17.8 Å². The summed E-state index contributed by atoms with van der Waals surface area (Å²) < 4.78 is 6.48. The molecule has 1 heterocycles.